The van der Waals surface area contributed by atoms with Gasteiger partial charge in [0, 0.05) is 42.8 Å². The normalized spacial score (nSPS) is 14.5. The minimum Gasteiger partial charge on any atom is -0.497 e. The largest absolute Gasteiger partial charge is 0.497 e. The molecule has 1 fully saturated rings. The first-order chi connectivity index (χ1) is 14.6. The molecule has 30 heavy (non-hydrogen) atoms. The number of hydrogen-bond acceptors (Lipinski definition) is 5. The van der Waals surface area contributed by atoms with E-state index in [9.17, 15) is 4.79 Å². The summed E-state index contributed by atoms with van der Waals surface area (Å²) >= 11 is 7.80. The number of methoxy groups -OCH3 is 1. The minimum atomic E-state index is 0.127. The van der Waals surface area contributed by atoms with Crippen molar-refractivity contribution in [1.29, 1.82) is 0 Å². The molecule has 1 aliphatic rings. The molecule has 2 aromatic carbocycles. The lowest BCUT2D eigenvalue weighted by atomic mass is 10.2. The van der Waals surface area contributed by atoms with Gasteiger partial charge in [-0.25, -0.2) is 4.98 Å². The van der Waals surface area contributed by atoms with E-state index in [1.807, 2.05) is 46.7 Å². The average molecular weight is 442 g/mol. The second-order valence-corrected chi connectivity index (χ2v) is 8.49. The molecule has 2 heterocycles. The minimum absolute atomic E-state index is 0.127. The van der Waals surface area contributed by atoms with E-state index in [0.29, 0.717) is 18.0 Å². The molecule has 1 aliphatic heterocycles. The Morgan fingerprint density at radius 1 is 1.10 bits per heavy atom. The highest BCUT2D eigenvalue weighted by atomic mass is 35.5. The zero-order valence-electron chi connectivity index (χ0n) is 16.9. The number of carbonyl (C=O) groups excluding carboxylic acids is 1. The number of nitrogens with zero attached hydrogens (tertiary/aromatic N) is 3. The van der Waals surface area contributed by atoms with Crippen molar-refractivity contribution in [2.24, 2.45) is 0 Å². The average Bonchev–Trinajstić information content (AvgIpc) is 3.08. The van der Waals surface area contributed by atoms with Crippen LogP contribution in [0.5, 0.6) is 5.75 Å². The zero-order chi connectivity index (χ0) is 20.9. The Balaban J connectivity index is 1.37. The fraction of sp³-hybridized carbons (Fsp3) is 0.304. The first-order valence-electron chi connectivity index (χ1n) is 10.00. The highest BCUT2D eigenvalue weighted by Gasteiger charge is 2.21. The monoisotopic (exact) mass is 441 g/mol. The van der Waals surface area contributed by atoms with E-state index in [1.54, 1.807) is 7.11 Å². The first-order valence-corrected chi connectivity index (χ1v) is 11.3. The number of thiazole rings is 1. The molecule has 4 rings (SSSR count). The summed E-state index contributed by atoms with van der Waals surface area (Å²) in [6.07, 6.45) is 1.27. The SMILES string of the molecule is COc1ccc(N2CCCN(C(=O)Cc3csc(-c4ccccc4Cl)n3)CC2)cc1. The lowest BCUT2D eigenvalue weighted by Gasteiger charge is -2.23. The van der Waals surface area contributed by atoms with E-state index in [2.05, 4.69) is 22.0 Å². The van der Waals surface area contributed by atoms with Gasteiger partial charge < -0.3 is 14.5 Å². The van der Waals surface area contributed by atoms with Crippen LogP contribution in [0.25, 0.3) is 10.6 Å². The number of aromatic nitrogens is 1. The molecule has 0 spiro atoms. The van der Waals surface area contributed by atoms with Gasteiger partial charge in [0.25, 0.3) is 0 Å². The summed E-state index contributed by atoms with van der Waals surface area (Å²) in [5.41, 5.74) is 2.87. The van der Waals surface area contributed by atoms with Gasteiger partial charge in [0.15, 0.2) is 0 Å². The predicted molar refractivity (Wildman–Crippen MR) is 123 cm³/mol. The van der Waals surface area contributed by atoms with Gasteiger partial charge >= 0.3 is 0 Å². The maximum absolute atomic E-state index is 12.9. The Kier molecular flexibility index (Phi) is 6.55. The van der Waals surface area contributed by atoms with Crippen LogP contribution in [0.15, 0.2) is 53.9 Å². The summed E-state index contributed by atoms with van der Waals surface area (Å²) in [5, 5.41) is 3.48. The molecule has 0 atom stereocenters. The fourth-order valence-electron chi connectivity index (χ4n) is 3.63. The van der Waals surface area contributed by atoms with Crippen molar-refractivity contribution in [3.63, 3.8) is 0 Å². The maximum Gasteiger partial charge on any atom is 0.228 e. The number of amides is 1. The Labute approximate surface area is 185 Å². The van der Waals surface area contributed by atoms with Crippen LogP contribution < -0.4 is 9.64 Å². The van der Waals surface area contributed by atoms with E-state index in [-0.39, 0.29) is 5.91 Å². The molecule has 0 unspecified atom stereocenters. The lowest BCUT2D eigenvalue weighted by molar-refractivity contribution is -0.130. The molecule has 0 N–H and O–H groups in total. The topological polar surface area (TPSA) is 45.7 Å². The number of hydrogen-bond donors (Lipinski definition) is 0. The van der Waals surface area contributed by atoms with Crippen molar-refractivity contribution in [2.45, 2.75) is 12.8 Å². The van der Waals surface area contributed by atoms with Crippen molar-refractivity contribution in [3.8, 4) is 16.3 Å². The summed E-state index contributed by atoms with van der Waals surface area (Å²) in [5.74, 6) is 0.979. The van der Waals surface area contributed by atoms with E-state index < -0.39 is 0 Å². The maximum atomic E-state index is 12.9. The number of carbonyl (C=O) groups is 1. The molecule has 1 amide bonds. The molecular weight excluding hydrogens is 418 g/mol. The molecular formula is C23H24ClN3O2S. The van der Waals surface area contributed by atoms with Gasteiger partial charge in [0.1, 0.15) is 10.8 Å². The standard InChI is InChI=1S/C23H24ClN3O2S/c1-29-19-9-7-18(8-10-19)26-11-4-12-27(14-13-26)22(28)15-17-16-30-23(25-17)20-5-2-3-6-21(20)24/h2-3,5-10,16H,4,11-15H2,1H3. The molecule has 0 radical (unpaired) electrons. The van der Waals surface area contributed by atoms with Crippen molar-refractivity contribution in [1.82, 2.24) is 9.88 Å². The fourth-order valence-corrected chi connectivity index (χ4v) is 4.77. The van der Waals surface area contributed by atoms with Crippen LogP contribution in [-0.4, -0.2) is 49.1 Å². The van der Waals surface area contributed by atoms with Crippen LogP contribution in [0.2, 0.25) is 5.02 Å². The molecule has 3 aromatic rings. The van der Waals surface area contributed by atoms with E-state index in [1.165, 1.54) is 11.3 Å². The Morgan fingerprint density at radius 3 is 2.67 bits per heavy atom. The number of benzene rings is 2. The zero-order valence-corrected chi connectivity index (χ0v) is 18.5. The van der Waals surface area contributed by atoms with Gasteiger partial charge in [0.2, 0.25) is 5.91 Å². The Hall–Kier alpha value is -2.57. The van der Waals surface area contributed by atoms with Crippen LogP contribution in [-0.2, 0) is 11.2 Å². The van der Waals surface area contributed by atoms with E-state index in [0.717, 1.165) is 53.8 Å². The number of halogens is 1. The Morgan fingerprint density at radius 2 is 1.90 bits per heavy atom. The summed E-state index contributed by atoms with van der Waals surface area (Å²) in [6.45, 7) is 3.24. The summed E-state index contributed by atoms with van der Waals surface area (Å²) < 4.78 is 5.24. The highest BCUT2D eigenvalue weighted by Crippen LogP contribution is 2.30. The lowest BCUT2D eigenvalue weighted by Crippen LogP contribution is -2.36. The molecule has 1 saturated heterocycles. The number of rotatable bonds is 5. The Bertz CT molecular complexity index is 1010. The van der Waals surface area contributed by atoms with Crippen LogP contribution in [0.4, 0.5) is 5.69 Å². The van der Waals surface area contributed by atoms with Gasteiger partial charge in [-0.1, -0.05) is 29.8 Å². The van der Waals surface area contributed by atoms with Gasteiger partial charge in [-0.15, -0.1) is 11.3 Å². The molecule has 0 bridgehead atoms. The highest BCUT2D eigenvalue weighted by molar-refractivity contribution is 7.13. The summed E-state index contributed by atoms with van der Waals surface area (Å²) in [6, 6.07) is 15.7. The van der Waals surface area contributed by atoms with Crippen LogP contribution in [0.3, 0.4) is 0 Å². The predicted octanol–water partition coefficient (Wildman–Crippen LogP) is 4.75. The molecule has 7 heteroatoms. The molecule has 0 saturated carbocycles. The third-order valence-electron chi connectivity index (χ3n) is 5.27. The van der Waals surface area contributed by atoms with Crippen LogP contribution in [0, 0.1) is 0 Å². The van der Waals surface area contributed by atoms with E-state index >= 15 is 0 Å². The van der Waals surface area contributed by atoms with Crippen LogP contribution >= 0.6 is 22.9 Å². The first kappa shape index (κ1) is 20.7. The summed E-state index contributed by atoms with van der Waals surface area (Å²) in [7, 11) is 1.67. The van der Waals surface area contributed by atoms with Gasteiger partial charge in [-0.05, 0) is 36.8 Å². The smallest absolute Gasteiger partial charge is 0.228 e. The molecule has 5 nitrogen and oxygen atoms in total. The van der Waals surface area contributed by atoms with Crippen molar-refractivity contribution < 1.29 is 9.53 Å². The quantitative estimate of drug-likeness (QED) is 0.573. The van der Waals surface area contributed by atoms with Crippen molar-refractivity contribution >= 4 is 34.5 Å². The van der Waals surface area contributed by atoms with Gasteiger partial charge in [-0.3, -0.25) is 4.79 Å². The van der Waals surface area contributed by atoms with Gasteiger partial charge in [0.05, 0.1) is 24.2 Å². The van der Waals surface area contributed by atoms with Crippen molar-refractivity contribution in [2.75, 3.05) is 38.2 Å². The van der Waals surface area contributed by atoms with Crippen LogP contribution in [0.1, 0.15) is 12.1 Å². The third kappa shape index (κ3) is 4.77. The second kappa shape index (κ2) is 9.49. The number of anilines is 1. The second-order valence-electron chi connectivity index (χ2n) is 7.22. The van der Waals surface area contributed by atoms with Gasteiger partial charge in [-0.2, -0.15) is 0 Å². The molecule has 1 aromatic heterocycles. The molecule has 156 valence electrons. The number of ether oxygens (including phenoxy) is 1. The van der Waals surface area contributed by atoms with E-state index in [4.69, 9.17) is 16.3 Å². The summed E-state index contributed by atoms with van der Waals surface area (Å²) in [4.78, 5) is 21.8. The molecule has 0 aliphatic carbocycles. The van der Waals surface area contributed by atoms with Crippen molar-refractivity contribution in [3.05, 3.63) is 64.6 Å². The third-order valence-corrected chi connectivity index (χ3v) is 6.53.